The van der Waals surface area contributed by atoms with Crippen molar-refractivity contribution in [2.24, 2.45) is 0 Å². The predicted octanol–water partition coefficient (Wildman–Crippen LogP) is 3.19. The van der Waals surface area contributed by atoms with Crippen LogP contribution in [0.4, 0.5) is 10.7 Å². The number of benzene rings is 1. The summed E-state index contributed by atoms with van der Waals surface area (Å²) in [5.41, 5.74) is 0.934. The molecule has 1 aromatic carbocycles. The molecule has 0 unspecified atom stereocenters. The molecule has 1 amide bonds. The van der Waals surface area contributed by atoms with Crippen LogP contribution >= 0.6 is 11.3 Å². The molecule has 0 bridgehead atoms. The number of non-ortho nitro benzene ring substituents is 1. The molecule has 0 spiro atoms. The summed E-state index contributed by atoms with van der Waals surface area (Å²) < 4.78 is 9.40. The third-order valence-corrected chi connectivity index (χ3v) is 4.86. The molecule has 1 N–H and O–H groups in total. The number of hydrogen-bond acceptors (Lipinski definition) is 8. The van der Waals surface area contributed by atoms with E-state index in [-0.39, 0.29) is 21.1 Å². The van der Waals surface area contributed by atoms with Crippen molar-refractivity contribution in [1.82, 2.24) is 0 Å². The van der Waals surface area contributed by atoms with Gasteiger partial charge in [-0.3, -0.25) is 14.9 Å². The van der Waals surface area contributed by atoms with Crippen LogP contribution in [0, 0.1) is 17.0 Å². The van der Waals surface area contributed by atoms with Crippen molar-refractivity contribution in [3.63, 3.8) is 0 Å². The first-order valence-electron chi connectivity index (χ1n) is 7.82. The van der Waals surface area contributed by atoms with Gasteiger partial charge in [0, 0.05) is 18.2 Å². The van der Waals surface area contributed by atoms with Crippen LogP contribution in [0.1, 0.15) is 31.2 Å². The number of anilines is 1. The first-order valence-corrected chi connectivity index (χ1v) is 8.63. The molecule has 0 aliphatic carbocycles. The maximum absolute atomic E-state index is 12.2. The highest BCUT2D eigenvalue weighted by Crippen LogP contribution is 2.34. The Bertz CT molecular complexity index is 961. The predicted molar refractivity (Wildman–Crippen MR) is 102 cm³/mol. The number of ether oxygens (including phenoxy) is 2. The van der Waals surface area contributed by atoms with E-state index in [1.165, 1.54) is 50.6 Å². The number of rotatable bonds is 6. The highest BCUT2D eigenvalue weighted by atomic mass is 32.1. The van der Waals surface area contributed by atoms with Crippen molar-refractivity contribution >= 4 is 45.9 Å². The summed E-state index contributed by atoms with van der Waals surface area (Å²) in [6.07, 6.45) is 2.66. The van der Waals surface area contributed by atoms with Crippen molar-refractivity contribution in [2.75, 3.05) is 19.5 Å². The van der Waals surface area contributed by atoms with E-state index in [0.29, 0.717) is 11.1 Å². The van der Waals surface area contributed by atoms with E-state index in [1.54, 1.807) is 6.92 Å². The van der Waals surface area contributed by atoms with Crippen molar-refractivity contribution in [2.45, 2.75) is 6.92 Å². The molecule has 10 heteroatoms. The highest BCUT2D eigenvalue weighted by Gasteiger charge is 2.26. The van der Waals surface area contributed by atoms with Gasteiger partial charge in [-0.1, -0.05) is 0 Å². The highest BCUT2D eigenvalue weighted by molar-refractivity contribution is 7.18. The van der Waals surface area contributed by atoms with Crippen LogP contribution in [-0.4, -0.2) is 37.0 Å². The van der Waals surface area contributed by atoms with Crippen LogP contribution < -0.4 is 5.32 Å². The van der Waals surface area contributed by atoms with Crippen LogP contribution in [0.5, 0.6) is 0 Å². The summed E-state index contributed by atoms with van der Waals surface area (Å²) in [5.74, 6) is -1.88. The van der Waals surface area contributed by atoms with E-state index in [0.717, 1.165) is 11.3 Å². The quantitative estimate of drug-likeness (QED) is 0.339. The number of hydrogen-bond donors (Lipinski definition) is 1. The first kappa shape index (κ1) is 20.8. The third kappa shape index (κ3) is 4.60. The number of esters is 2. The molecular formula is C18H16N2O7S. The molecular weight excluding hydrogens is 388 g/mol. The van der Waals surface area contributed by atoms with Crippen molar-refractivity contribution in [3.05, 3.63) is 62.0 Å². The smallest absolute Gasteiger partial charge is 0.348 e. The van der Waals surface area contributed by atoms with Gasteiger partial charge in [0.05, 0.1) is 24.7 Å². The zero-order chi connectivity index (χ0) is 20.8. The van der Waals surface area contributed by atoms with E-state index in [9.17, 15) is 24.5 Å². The van der Waals surface area contributed by atoms with Crippen LogP contribution in [-0.2, 0) is 14.3 Å². The lowest BCUT2D eigenvalue weighted by Gasteiger charge is -2.04. The van der Waals surface area contributed by atoms with Gasteiger partial charge in [-0.05, 0) is 36.3 Å². The van der Waals surface area contributed by atoms with Gasteiger partial charge in [-0.2, -0.15) is 0 Å². The number of nitro groups is 1. The van der Waals surface area contributed by atoms with Crippen LogP contribution in [0.15, 0.2) is 30.3 Å². The maximum atomic E-state index is 12.2. The fraction of sp³-hybridized carbons (Fsp3) is 0.167. The minimum Gasteiger partial charge on any atom is -0.465 e. The second-order valence-corrected chi connectivity index (χ2v) is 6.44. The minimum atomic E-state index is -0.696. The summed E-state index contributed by atoms with van der Waals surface area (Å²) in [6.45, 7) is 1.55. The first-order chi connectivity index (χ1) is 13.3. The van der Waals surface area contributed by atoms with Gasteiger partial charge in [-0.25, -0.2) is 9.59 Å². The Kier molecular flexibility index (Phi) is 6.61. The Morgan fingerprint density at radius 3 is 2.25 bits per heavy atom. The number of carbonyl (C=O) groups excluding carboxylic acids is 3. The molecule has 0 saturated heterocycles. The Labute approximate surface area is 163 Å². The van der Waals surface area contributed by atoms with Gasteiger partial charge in [0.1, 0.15) is 9.88 Å². The van der Waals surface area contributed by atoms with E-state index < -0.39 is 22.8 Å². The van der Waals surface area contributed by atoms with Crippen molar-refractivity contribution in [3.8, 4) is 0 Å². The number of methoxy groups -OCH3 is 2. The van der Waals surface area contributed by atoms with E-state index in [1.807, 2.05) is 0 Å². The molecule has 2 rings (SSSR count). The van der Waals surface area contributed by atoms with Gasteiger partial charge < -0.3 is 14.8 Å². The zero-order valence-electron chi connectivity index (χ0n) is 15.2. The number of amides is 1. The SMILES string of the molecule is COC(=O)c1sc(NC(=O)/C=C\c2ccc([N+](=O)[O-])cc2)c(C(=O)OC)c1C. The lowest BCUT2D eigenvalue weighted by Crippen LogP contribution is -2.11. The van der Waals surface area contributed by atoms with Gasteiger partial charge in [0.15, 0.2) is 0 Å². The summed E-state index contributed by atoms with van der Waals surface area (Å²) >= 11 is 0.901. The van der Waals surface area contributed by atoms with Crippen molar-refractivity contribution in [1.29, 1.82) is 0 Å². The van der Waals surface area contributed by atoms with Crippen LogP contribution in [0.2, 0.25) is 0 Å². The number of carbonyl (C=O) groups is 3. The number of nitro benzene ring substituents is 1. The molecule has 0 aliphatic rings. The molecule has 2 aromatic rings. The van der Waals surface area contributed by atoms with Crippen molar-refractivity contribution < 1.29 is 28.8 Å². The van der Waals surface area contributed by atoms with Gasteiger partial charge in [-0.15, -0.1) is 11.3 Å². The monoisotopic (exact) mass is 404 g/mol. The van der Waals surface area contributed by atoms with E-state index in [4.69, 9.17) is 4.74 Å². The topological polar surface area (TPSA) is 125 Å². The molecule has 1 heterocycles. The summed E-state index contributed by atoms with van der Waals surface area (Å²) in [5, 5.41) is 13.3. The Morgan fingerprint density at radius 1 is 1.11 bits per heavy atom. The third-order valence-electron chi connectivity index (χ3n) is 3.67. The summed E-state index contributed by atoms with van der Waals surface area (Å²) in [7, 11) is 2.40. The molecule has 1 aromatic heterocycles. The number of thiophene rings is 1. The number of nitrogens with one attached hydrogen (secondary N) is 1. The Balaban J connectivity index is 2.23. The standard InChI is InChI=1S/C18H16N2O7S/c1-10-14(17(22)26-2)16(28-15(10)18(23)27-3)19-13(21)9-6-11-4-7-12(8-5-11)20(24)25/h4-9H,1-3H3,(H,19,21)/b9-6-. The Hall–Kier alpha value is -3.53. The molecule has 9 nitrogen and oxygen atoms in total. The largest absolute Gasteiger partial charge is 0.465 e. The molecule has 0 radical (unpaired) electrons. The Morgan fingerprint density at radius 2 is 1.71 bits per heavy atom. The maximum Gasteiger partial charge on any atom is 0.348 e. The molecule has 0 fully saturated rings. The van der Waals surface area contributed by atoms with E-state index >= 15 is 0 Å². The molecule has 146 valence electrons. The van der Waals surface area contributed by atoms with Crippen LogP contribution in [0.25, 0.3) is 6.08 Å². The fourth-order valence-corrected chi connectivity index (χ4v) is 3.39. The summed E-state index contributed by atoms with van der Waals surface area (Å²) in [4.78, 5) is 46.4. The van der Waals surface area contributed by atoms with Crippen LogP contribution in [0.3, 0.4) is 0 Å². The second-order valence-electron chi connectivity index (χ2n) is 5.41. The average molecular weight is 404 g/mol. The molecule has 0 aliphatic heterocycles. The molecule has 28 heavy (non-hydrogen) atoms. The lowest BCUT2D eigenvalue weighted by atomic mass is 10.1. The minimum absolute atomic E-state index is 0.0614. The zero-order valence-corrected chi connectivity index (χ0v) is 16.0. The van der Waals surface area contributed by atoms with E-state index in [2.05, 4.69) is 10.1 Å². The average Bonchev–Trinajstić information content (AvgIpc) is 3.01. The second kappa shape index (κ2) is 8.91. The number of nitrogens with zero attached hydrogens (tertiary/aromatic N) is 1. The molecule has 0 atom stereocenters. The van der Waals surface area contributed by atoms with Gasteiger partial charge in [0.2, 0.25) is 5.91 Å². The van der Waals surface area contributed by atoms with Gasteiger partial charge >= 0.3 is 11.9 Å². The lowest BCUT2D eigenvalue weighted by molar-refractivity contribution is -0.384. The molecule has 0 saturated carbocycles. The fourth-order valence-electron chi connectivity index (χ4n) is 2.27. The normalized spacial score (nSPS) is 10.5. The van der Waals surface area contributed by atoms with Gasteiger partial charge in [0.25, 0.3) is 5.69 Å². The summed E-state index contributed by atoms with van der Waals surface area (Å²) in [6, 6.07) is 5.62.